The zero-order chi connectivity index (χ0) is 18.9. The van der Waals surface area contributed by atoms with E-state index >= 15 is 0 Å². The van der Waals surface area contributed by atoms with Crippen LogP contribution in [0, 0.1) is 0 Å². The van der Waals surface area contributed by atoms with Crippen molar-refractivity contribution in [2.45, 2.75) is 26.3 Å². The van der Waals surface area contributed by atoms with Crippen LogP contribution in [0.25, 0.3) is 0 Å². The second-order valence-corrected chi connectivity index (χ2v) is 6.07. The number of esters is 1. The van der Waals surface area contributed by atoms with Gasteiger partial charge >= 0.3 is 12.0 Å². The molecular weight excluding hydrogens is 332 g/mol. The molecule has 0 aliphatic heterocycles. The predicted octanol–water partition coefficient (Wildman–Crippen LogP) is 2.67. The number of carbonyl (C=O) groups is 3. The van der Waals surface area contributed by atoms with E-state index in [2.05, 4.69) is 10.6 Å². The molecule has 0 unspecified atom stereocenters. The topological polar surface area (TPSA) is 84.5 Å². The minimum Gasteiger partial charge on any atom is -0.452 e. The van der Waals surface area contributed by atoms with Gasteiger partial charge in [-0.3, -0.25) is 10.1 Å². The van der Waals surface area contributed by atoms with Crippen molar-refractivity contribution in [3.8, 4) is 0 Å². The average Bonchev–Trinajstić information content (AvgIpc) is 2.60. The lowest BCUT2D eigenvalue weighted by Crippen LogP contribution is -2.44. The number of rotatable bonds is 6. The Morgan fingerprint density at radius 2 is 1.62 bits per heavy atom. The van der Waals surface area contributed by atoms with Gasteiger partial charge in [0.1, 0.15) is 0 Å². The summed E-state index contributed by atoms with van der Waals surface area (Å²) < 4.78 is 5.04. The van der Waals surface area contributed by atoms with Crippen LogP contribution in [-0.2, 0) is 16.0 Å². The Bertz CT molecular complexity index is 772. The molecule has 0 saturated heterocycles. The highest BCUT2D eigenvalue weighted by atomic mass is 16.5. The zero-order valence-corrected chi connectivity index (χ0v) is 14.8. The lowest BCUT2D eigenvalue weighted by Gasteiger charge is -2.11. The highest BCUT2D eigenvalue weighted by Gasteiger charge is 2.15. The summed E-state index contributed by atoms with van der Waals surface area (Å²) >= 11 is 0. The quantitative estimate of drug-likeness (QED) is 0.781. The van der Waals surface area contributed by atoms with Crippen molar-refractivity contribution in [3.05, 3.63) is 71.3 Å². The molecule has 0 radical (unpaired) electrons. The number of hydrogen-bond donors (Lipinski definition) is 2. The minimum absolute atomic E-state index is 0.102. The van der Waals surface area contributed by atoms with Crippen LogP contribution in [0.4, 0.5) is 4.79 Å². The Morgan fingerprint density at radius 3 is 2.31 bits per heavy atom. The Kier molecular flexibility index (Phi) is 6.91. The van der Waals surface area contributed by atoms with E-state index in [1.54, 1.807) is 26.0 Å². The van der Waals surface area contributed by atoms with E-state index in [4.69, 9.17) is 4.74 Å². The van der Waals surface area contributed by atoms with Crippen molar-refractivity contribution >= 4 is 17.9 Å². The molecule has 136 valence electrons. The molecule has 0 aliphatic carbocycles. The van der Waals surface area contributed by atoms with E-state index < -0.39 is 24.5 Å². The largest absolute Gasteiger partial charge is 0.452 e. The van der Waals surface area contributed by atoms with Crippen molar-refractivity contribution < 1.29 is 19.1 Å². The van der Waals surface area contributed by atoms with Gasteiger partial charge in [-0.2, -0.15) is 0 Å². The molecule has 2 aromatic carbocycles. The smallest absolute Gasteiger partial charge is 0.338 e. The number of urea groups is 1. The van der Waals surface area contributed by atoms with E-state index in [9.17, 15) is 14.4 Å². The summed E-state index contributed by atoms with van der Waals surface area (Å²) in [6.45, 7) is 3.02. The first-order chi connectivity index (χ1) is 12.5. The molecular formula is C20H22N2O4. The molecule has 6 nitrogen and oxygen atoms in total. The van der Waals surface area contributed by atoms with Gasteiger partial charge in [-0.05, 0) is 37.5 Å². The molecule has 2 rings (SSSR count). The maximum absolute atomic E-state index is 12.3. The van der Waals surface area contributed by atoms with Gasteiger partial charge in [-0.1, -0.05) is 48.5 Å². The third kappa shape index (κ3) is 6.05. The first kappa shape index (κ1) is 19.2. The number of hydrogen-bond acceptors (Lipinski definition) is 4. The third-order valence-corrected chi connectivity index (χ3v) is 3.48. The number of nitrogens with one attached hydrogen (secondary N) is 2. The van der Waals surface area contributed by atoms with E-state index in [0.717, 1.165) is 11.1 Å². The van der Waals surface area contributed by atoms with Crippen molar-refractivity contribution in [2.75, 3.05) is 6.61 Å². The van der Waals surface area contributed by atoms with Gasteiger partial charge in [0, 0.05) is 6.04 Å². The molecule has 0 heterocycles. The number of ether oxygens (including phenoxy) is 1. The van der Waals surface area contributed by atoms with Crippen LogP contribution in [0.5, 0.6) is 0 Å². The lowest BCUT2D eigenvalue weighted by atomic mass is 10.00. The molecule has 6 heteroatoms. The van der Waals surface area contributed by atoms with Crippen LogP contribution in [-0.4, -0.2) is 30.6 Å². The number of carbonyl (C=O) groups excluding carboxylic acids is 3. The molecule has 0 saturated carbocycles. The van der Waals surface area contributed by atoms with Gasteiger partial charge in [0.05, 0.1) is 5.56 Å². The normalized spacial score (nSPS) is 10.3. The predicted molar refractivity (Wildman–Crippen MR) is 97.8 cm³/mol. The zero-order valence-electron chi connectivity index (χ0n) is 14.8. The van der Waals surface area contributed by atoms with Crippen molar-refractivity contribution in [2.24, 2.45) is 0 Å². The summed E-state index contributed by atoms with van der Waals surface area (Å²) in [4.78, 5) is 35.5. The van der Waals surface area contributed by atoms with E-state index in [0.29, 0.717) is 12.0 Å². The van der Waals surface area contributed by atoms with Crippen molar-refractivity contribution in [1.82, 2.24) is 10.6 Å². The fourth-order valence-electron chi connectivity index (χ4n) is 2.36. The summed E-state index contributed by atoms with van der Waals surface area (Å²) in [7, 11) is 0. The highest BCUT2D eigenvalue weighted by Crippen LogP contribution is 2.15. The Labute approximate surface area is 152 Å². The third-order valence-electron chi connectivity index (χ3n) is 3.48. The van der Waals surface area contributed by atoms with Crippen LogP contribution < -0.4 is 10.6 Å². The molecule has 26 heavy (non-hydrogen) atoms. The van der Waals surface area contributed by atoms with Gasteiger partial charge in [0.25, 0.3) is 5.91 Å². The summed E-state index contributed by atoms with van der Waals surface area (Å²) in [5.74, 6) is -1.28. The van der Waals surface area contributed by atoms with Gasteiger partial charge in [0.2, 0.25) is 0 Å². The first-order valence-corrected chi connectivity index (χ1v) is 8.35. The molecule has 3 amide bonds. The molecule has 0 spiro atoms. The Balaban J connectivity index is 1.95. The molecule has 0 fully saturated rings. The molecule has 2 N–H and O–H groups in total. The minimum atomic E-state index is -0.683. The van der Waals surface area contributed by atoms with Gasteiger partial charge < -0.3 is 10.1 Å². The number of benzene rings is 2. The Hall–Kier alpha value is -3.15. The van der Waals surface area contributed by atoms with Gasteiger partial charge in [-0.25, -0.2) is 9.59 Å². The first-order valence-electron chi connectivity index (χ1n) is 8.35. The lowest BCUT2D eigenvalue weighted by molar-refractivity contribution is -0.123. The second-order valence-electron chi connectivity index (χ2n) is 6.07. The fourth-order valence-corrected chi connectivity index (χ4v) is 2.36. The van der Waals surface area contributed by atoms with Crippen molar-refractivity contribution in [1.29, 1.82) is 0 Å². The summed E-state index contributed by atoms with van der Waals surface area (Å²) in [6.07, 6.45) is 0.578. The van der Waals surface area contributed by atoms with E-state index in [1.165, 1.54) is 0 Å². The SMILES string of the molecule is CC(C)NC(=O)NC(=O)COC(=O)c1ccccc1Cc1ccccc1. The molecule has 0 aromatic heterocycles. The van der Waals surface area contributed by atoms with Crippen LogP contribution >= 0.6 is 0 Å². The van der Waals surface area contributed by atoms with Crippen LogP contribution in [0.1, 0.15) is 35.3 Å². The molecule has 2 aromatic rings. The van der Waals surface area contributed by atoms with Crippen LogP contribution in [0.3, 0.4) is 0 Å². The Morgan fingerprint density at radius 1 is 0.962 bits per heavy atom. The number of amides is 3. The number of imide groups is 1. The maximum Gasteiger partial charge on any atom is 0.338 e. The van der Waals surface area contributed by atoms with Gasteiger partial charge in [-0.15, -0.1) is 0 Å². The van der Waals surface area contributed by atoms with Crippen LogP contribution in [0.15, 0.2) is 54.6 Å². The van der Waals surface area contributed by atoms with E-state index in [1.807, 2.05) is 42.5 Å². The highest BCUT2D eigenvalue weighted by molar-refractivity contribution is 5.97. The maximum atomic E-state index is 12.3. The van der Waals surface area contributed by atoms with Gasteiger partial charge in [0.15, 0.2) is 6.61 Å². The molecule has 0 aliphatic rings. The summed E-state index contributed by atoms with van der Waals surface area (Å²) in [5.41, 5.74) is 2.27. The summed E-state index contributed by atoms with van der Waals surface area (Å²) in [5, 5.41) is 4.62. The molecule has 0 atom stereocenters. The molecule has 0 bridgehead atoms. The van der Waals surface area contributed by atoms with Crippen molar-refractivity contribution in [3.63, 3.8) is 0 Å². The van der Waals surface area contributed by atoms with Crippen LogP contribution in [0.2, 0.25) is 0 Å². The monoisotopic (exact) mass is 354 g/mol. The van der Waals surface area contributed by atoms with E-state index in [-0.39, 0.29) is 6.04 Å². The fraction of sp³-hybridized carbons (Fsp3) is 0.250. The standard InChI is InChI=1S/C20H22N2O4/c1-14(2)21-20(25)22-18(23)13-26-19(24)17-11-7-6-10-16(17)12-15-8-4-3-5-9-15/h3-11,14H,12-13H2,1-2H3,(H2,21,22,23,25). The second kappa shape index (κ2) is 9.36. The summed E-state index contributed by atoms with van der Waals surface area (Å²) in [6, 6.07) is 16.1. The average molecular weight is 354 g/mol.